The van der Waals surface area contributed by atoms with E-state index in [0.29, 0.717) is 17.1 Å². The molecule has 2 nitrogen and oxygen atoms in total. The van der Waals surface area contributed by atoms with Crippen molar-refractivity contribution in [2.24, 2.45) is 0 Å². The van der Waals surface area contributed by atoms with Crippen molar-refractivity contribution in [3.8, 4) is 0 Å². The van der Waals surface area contributed by atoms with Gasteiger partial charge in [-0.2, -0.15) is 0 Å². The largest absolute Gasteiger partial charge is 0.294 e. The van der Waals surface area contributed by atoms with E-state index in [9.17, 15) is 4.79 Å². The number of carbonyl (C=O) groups excluding carboxylic acids is 1. The molecule has 19 heavy (non-hydrogen) atoms. The van der Waals surface area contributed by atoms with Gasteiger partial charge in [0.2, 0.25) is 0 Å². The van der Waals surface area contributed by atoms with Crippen molar-refractivity contribution in [2.75, 3.05) is 13.6 Å². The Kier molecular flexibility index (Phi) is 5.16. The molecule has 5 heteroatoms. The van der Waals surface area contributed by atoms with E-state index >= 15 is 0 Å². The molecule has 1 aromatic heterocycles. The van der Waals surface area contributed by atoms with E-state index in [2.05, 4.69) is 22.0 Å². The normalized spacial score (nSPS) is 10.9. The van der Waals surface area contributed by atoms with E-state index in [-0.39, 0.29) is 5.78 Å². The molecule has 0 atom stereocenters. The standard InChI is InChI=1S/C14H13BrClNOS/c1-17(7-11-6-10(15)9-19-11)8-14(18)12-4-2-3-5-13(12)16/h2-6,9H,7-8H2,1H3. The summed E-state index contributed by atoms with van der Waals surface area (Å²) in [6, 6.07) is 9.23. The predicted octanol–water partition coefficient (Wildman–Crippen LogP) is 4.48. The monoisotopic (exact) mass is 357 g/mol. The van der Waals surface area contributed by atoms with Gasteiger partial charge in [-0.3, -0.25) is 9.69 Å². The molecule has 0 fully saturated rings. The maximum atomic E-state index is 12.1. The zero-order valence-corrected chi connectivity index (χ0v) is 13.6. The number of halogens is 2. The molecule has 0 aliphatic heterocycles. The van der Waals surface area contributed by atoms with E-state index in [4.69, 9.17) is 11.6 Å². The summed E-state index contributed by atoms with van der Waals surface area (Å²) in [7, 11) is 1.93. The van der Waals surface area contributed by atoms with Gasteiger partial charge >= 0.3 is 0 Å². The zero-order chi connectivity index (χ0) is 13.8. The molecule has 0 saturated carbocycles. The molecule has 0 bridgehead atoms. The van der Waals surface area contributed by atoms with Crippen LogP contribution in [0, 0.1) is 0 Å². The number of hydrogen-bond donors (Lipinski definition) is 0. The van der Waals surface area contributed by atoms with Crippen molar-refractivity contribution >= 4 is 44.7 Å². The van der Waals surface area contributed by atoms with Gasteiger partial charge in [0.15, 0.2) is 5.78 Å². The smallest absolute Gasteiger partial charge is 0.178 e. The Morgan fingerprint density at radius 1 is 1.42 bits per heavy atom. The van der Waals surface area contributed by atoms with Gasteiger partial charge in [-0.1, -0.05) is 23.7 Å². The van der Waals surface area contributed by atoms with Crippen LogP contribution in [0.5, 0.6) is 0 Å². The molecule has 1 aromatic carbocycles. The van der Waals surface area contributed by atoms with Crippen LogP contribution in [0.1, 0.15) is 15.2 Å². The average molecular weight is 359 g/mol. The van der Waals surface area contributed by atoms with Crippen molar-refractivity contribution < 1.29 is 4.79 Å². The second-order valence-corrected chi connectivity index (χ2v) is 6.63. The summed E-state index contributed by atoms with van der Waals surface area (Å²) in [6.45, 7) is 1.12. The highest BCUT2D eigenvalue weighted by molar-refractivity contribution is 9.10. The molecule has 2 aromatic rings. The van der Waals surface area contributed by atoms with Crippen LogP contribution in [-0.2, 0) is 6.54 Å². The second-order valence-electron chi connectivity index (χ2n) is 4.31. The number of ketones is 1. The molecule has 2 rings (SSSR count). The summed E-state index contributed by atoms with van der Waals surface area (Å²) in [5.74, 6) is 0.0451. The minimum atomic E-state index is 0.0451. The van der Waals surface area contributed by atoms with Gasteiger partial charge in [0.25, 0.3) is 0 Å². The highest BCUT2D eigenvalue weighted by atomic mass is 79.9. The van der Waals surface area contributed by atoms with Crippen molar-refractivity contribution in [1.82, 2.24) is 4.90 Å². The van der Waals surface area contributed by atoms with Gasteiger partial charge in [0.05, 0.1) is 11.6 Å². The van der Waals surface area contributed by atoms with Crippen LogP contribution in [0.2, 0.25) is 5.02 Å². The lowest BCUT2D eigenvalue weighted by Crippen LogP contribution is -2.25. The first-order valence-electron chi connectivity index (χ1n) is 5.75. The van der Waals surface area contributed by atoms with Crippen LogP contribution in [0.3, 0.4) is 0 Å². The molecule has 0 unspecified atom stereocenters. The first kappa shape index (κ1) is 14.7. The Bertz CT molecular complexity index is 584. The molecule has 0 N–H and O–H groups in total. The van der Waals surface area contributed by atoms with Crippen LogP contribution >= 0.6 is 38.9 Å². The number of Topliss-reactive ketones (excluding diaryl/α,β-unsaturated/α-hetero) is 1. The number of carbonyl (C=O) groups is 1. The lowest BCUT2D eigenvalue weighted by Gasteiger charge is -2.15. The maximum Gasteiger partial charge on any atom is 0.178 e. The van der Waals surface area contributed by atoms with Crippen LogP contribution < -0.4 is 0 Å². The summed E-state index contributed by atoms with van der Waals surface area (Å²) in [4.78, 5) is 15.4. The molecule has 0 radical (unpaired) electrons. The minimum Gasteiger partial charge on any atom is -0.294 e. The molecule has 1 heterocycles. The van der Waals surface area contributed by atoms with Gasteiger partial charge in [-0.25, -0.2) is 0 Å². The number of thiophene rings is 1. The van der Waals surface area contributed by atoms with Gasteiger partial charge in [-0.15, -0.1) is 11.3 Å². The molecule has 0 saturated heterocycles. The summed E-state index contributed by atoms with van der Waals surface area (Å²) in [5.41, 5.74) is 0.586. The maximum absolute atomic E-state index is 12.1. The Balaban J connectivity index is 1.97. The molecular formula is C14H13BrClNOS. The highest BCUT2D eigenvalue weighted by Gasteiger charge is 2.13. The van der Waals surface area contributed by atoms with Gasteiger partial charge in [-0.05, 0) is 41.2 Å². The quantitative estimate of drug-likeness (QED) is 0.735. The topological polar surface area (TPSA) is 20.3 Å². The lowest BCUT2D eigenvalue weighted by atomic mass is 10.1. The molecule has 0 aliphatic rings. The fraction of sp³-hybridized carbons (Fsp3) is 0.214. The van der Waals surface area contributed by atoms with Crippen molar-refractivity contribution in [3.63, 3.8) is 0 Å². The number of likely N-dealkylation sites (N-methyl/N-ethyl adjacent to an activating group) is 1. The SMILES string of the molecule is CN(CC(=O)c1ccccc1Cl)Cc1cc(Br)cs1. The third-order valence-electron chi connectivity index (χ3n) is 2.64. The molecule has 0 aliphatic carbocycles. The molecule has 0 spiro atoms. The lowest BCUT2D eigenvalue weighted by molar-refractivity contribution is 0.0943. The summed E-state index contributed by atoms with van der Waals surface area (Å²) >= 11 is 11.1. The Morgan fingerprint density at radius 2 is 2.16 bits per heavy atom. The van der Waals surface area contributed by atoms with Crippen LogP contribution in [0.15, 0.2) is 40.2 Å². The molecule has 100 valence electrons. The van der Waals surface area contributed by atoms with Gasteiger partial charge < -0.3 is 0 Å². The first-order chi connectivity index (χ1) is 9.06. The van der Waals surface area contributed by atoms with E-state index in [1.165, 1.54) is 4.88 Å². The third-order valence-corrected chi connectivity index (χ3v) is 4.65. The number of benzene rings is 1. The summed E-state index contributed by atoms with van der Waals surface area (Å²) in [5, 5.41) is 2.55. The van der Waals surface area contributed by atoms with E-state index in [1.807, 2.05) is 29.5 Å². The number of rotatable bonds is 5. The average Bonchev–Trinajstić information content (AvgIpc) is 2.74. The fourth-order valence-electron chi connectivity index (χ4n) is 1.78. The van der Waals surface area contributed by atoms with Crippen molar-refractivity contribution in [2.45, 2.75) is 6.54 Å². The number of hydrogen-bond acceptors (Lipinski definition) is 3. The first-order valence-corrected chi connectivity index (χ1v) is 7.80. The predicted molar refractivity (Wildman–Crippen MR) is 84.1 cm³/mol. The van der Waals surface area contributed by atoms with E-state index in [1.54, 1.807) is 23.5 Å². The Hall–Kier alpha value is -0.680. The second kappa shape index (κ2) is 6.66. The molecule has 0 amide bonds. The van der Waals surface area contributed by atoms with Gasteiger partial charge in [0.1, 0.15) is 0 Å². The third kappa shape index (κ3) is 4.14. The van der Waals surface area contributed by atoms with Crippen LogP contribution in [0.4, 0.5) is 0 Å². The Morgan fingerprint density at radius 3 is 2.79 bits per heavy atom. The molecular weight excluding hydrogens is 346 g/mol. The van der Waals surface area contributed by atoms with Crippen molar-refractivity contribution in [3.05, 3.63) is 55.6 Å². The van der Waals surface area contributed by atoms with E-state index in [0.717, 1.165) is 11.0 Å². The minimum absolute atomic E-state index is 0.0451. The highest BCUT2D eigenvalue weighted by Crippen LogP contribution is 2.21. The van der Waals surface area contributed by atoms with Crippen LogP contribution in [0.25, 0.3) is 0 Å². The van der Waals surface area contributed by atoms with E-state index < -0.39 is 0 Å². The Labute approximate surface area is 130 Å². The zero-order valence-electron chi connectivity index (χ0n) is 10.4. The summed E-state index contributed by atoms with van der Waals surface area (Å²) in [6.07, 6.45) is 0. The van der Waals surface area contributed by atoms with Crippen LogP contribution in [-0.4, -0.2) is 24.3 Å². The van der Waals surface area contributed by atoms with Gasteiger partial charge in [0, 0.05) is 26.8 Å². The fourth-order valence-corrected chi connectivity index (χ4v) is 3.55. The number of nitrogens with zero attached hydrogens (tertiary/aromatic N) is 1. The van der Waals surface area contributed by atoms with Crippen molar-refractivity contribution in [1.29, 1.82) is 0 Å². The summed E-state index contributed by atoms with van der Waals surface area (Å²) < 4.78 is 1.08.